The Morgan fingerprint density at radius 1 is 1.12 bits per heavy atom. The van der Waals surface area contributed by atoms with Crippen molar-refractivity contribution in [1.29, 1.82) is 0 Å². The highest BCUT2D eigenvalue weighted by Gasteiger charge is 2.21. The Hall–Kier alpha value is -2.87. The highest BCUT2D eigenvalue weighted by atomic mass is 35.5. The van der Waals surface area contributed by atoms with Gasteiger partial charge in [0.05, 0.1) is 5.56 Å². The van der Waals surface area contributed by atoms with Crippen molar-refractivity contribution in [2.24, 2.45) is 14.1 Å². The molecular weight excluding hydrogens is 338 g/mol. The van der Waals surface area contributed by atoms with E-state index in [1.165, 1.54) is 38.4 Å². The summed E-state index contributed by atoms with van der Waals surface area (Å²) in [5.74, 6) is -1.83. The first-order valence-electron chi connectivity index (χ1n) is 6.75. The highest BCUT2D eigenvalue weighted by molar-refractivity contribution is 6.30. The largest absolute Gasteiger partial charge is 0.454 e. The Balaban J connectivity index is 2.22. The molecule has 0 radical (unpaired) electrons. The number of Topliss-reactive ketones (excluding diaryl/α,β-unsaturated/α-hetero) is 1. The van der Waals surface area contributed by atoms with Crippen LogP contribution in [0.25, 0.3) is 0 Å². The van der Waals surface area contributed by atoms with Gasteiger partial charge in [-0.25, -0.2) is 9.59 Å². The first kappa shape index (κ1) is 17.5. The zero-order chi connectivity index (χ0) is 18.0. The number of hydrogen-bond donors (Lipinski definition) is 1. The van der Waals surface area contributed by atoms with Crippen LogP contribution in [0.4, 0.5) is 5.82 Å². The van der Waals surface area contributed by atoms with E-state index in [9.17, 15) is 19.2 Å². The van der Waals surface area contributed by atoms with E-state index in [4.69, 9.17) is 22.1 Å². The lowest BCUT2D eigenvalue weighted by atomic mass is 10.2. The van der Waals surface area contributed by atoms with Crippen LogP contribution >= 0.6 is 11.6 Å². The van der Waals surface area contributed by atoms with Gasteiger partial charge in [-0.3, -0.25) is 18.7 Å². The molecule has 0 aliphatic carbocycles. The number of rotatable bonds is 4. The van der Waals surface area contributed by atoms with Gasteiger partial charge in [0.1, 0.15) is 11.4 Å². The van der Waals surface area contributed by atoms with Crippen molar-refractivity contribution >= 4 is 29.2 Å². The number of ether oxygens (including phenoxy) is 1. The van der Waals surface area contributed by atoms with E-state index in [2.05, 4.69) is 0 Å². The minimum Gasteiger partial charge on any atom is -0.454 e. The molecule has 1 aromatic carbocycles. The number of carbonyl (C=O) groups excluding carboxylic acids is 2. The summed E-state index contributed by atoms with van der Waals surface area (Å²) in [7, 11) is 2.55. The van der Waals surface area contributed by atoms with E-state index < -0.39 is 35.2 Å². The van der Waals surface area contributed by atoms with Gasteiger partial charge < -0.3 is 10.5 Å². The summed E-state index contributed by atoms with van der Waals surface area (Å²) in [6, 6.07) is 5.88. The second kappa shape index (κ2) is 6.71. The summed E-state index contributed by atoms with van der Waals surface area (Å²) in [5.41, 5.74) is 3.96. The second-order valence-electron chi connectivity index (χ2n) is 4.97. The van der Waals surface area contributed by atoms with Crippen LogP contribution in [0.1, 0.15) is 20.7 Å². The molecule has 8 nitrogen and oxygen atoms in total. The van der Waals surface area contributed by atoms with Gasteiger partial charge in [-0.1, -0.05) is 11.6 Å². The van der Waals surface area contributed by atoms with E-state index in [0.29, 0.717) is 5.02 Å². The summed E-state index contributed by atoms with van der Waals surface area (Å²) < 4.78 is 6.60. The highest BCUT2D eigenvalue weighted by Crippen LogP contribution is 2.11. The van der Waals surface area contributed by atoms with Gasteiger partial charge >= 0.3 is 11.7 Å². The smallest absolute Gasteiger partial charge is 0.338 e. The molecular formula is C15H14ClN3O5. The van der Waals surface area contributed by atoms with Gasteiger partial charge in [-0.15, -0.1) is 0 Å². The molecule has 9 heteroatoms. The fourth-order valence-electron chi connectivity index (χ4n) is 1.99. The van der Waals surface area contributed by atoms with Crippen LogP contribution in [0.3, 0.4) is 0 Å². The van der Waals surface area contributed by atoms with Crippen molar-refractivity contribution in [3.05, 3.63) is 61.3 Å². The molecule has 126 valence electrons. The molecule has 2 aromatic rings. The molecule has 24 heavy (non-hydrogen) atoms. The average molecular weight is 352 g/mol. The van der Waals surface area contributed by atoms with Crippen molar-refractivity contribution in [3.8, 4) is 0 Å². The number of benzene rings is 1. The number of aromatic nitrogens is 2. The first-order valence-corrected chi connectivity index (χ1v) is 7.13. The lowest BCUT2D eigenvalue weighted by molar-refractivity contribution is 0.0474. The number of nitrogens with zero attached hydrogens (tertiary/aromatic N) is 2. The number of nitrogens with two attached hydrogens (primary N) is 1. The van der Waals surface area contributed by atoms with Gasteiger partial charge in [-0.05, 0) is 24.3 Å². The number of anilines is 1. The quantitative estimate of drug-likeness (QED) is 0.628. The van der Waals surface area contributed by atoms with Gasteiger partial charge in [-0.2, -0.15) is 0 Å². The van der Waals surface area contributed by atoms with Crippen LogP contribution in [0.15, 0.2) is 33.9 Å². The van der Waals surface area contributed by atoms with Crippen molar-refractivity contribution < 1.29 is 14.3 Å². The van der Waals surface area contributed by atoms with Crippen LogP contribution in [0, 0.1) is 0 Å². The normalized spacial score (nSPS) is 10.5. The SMILES string of the molecule is Cn1c(N)c(C(=O)COC(=O)c2ccc(Cl)cc2)c(=O)n(C)c1=O. The fourth-order valence-corrected chi connectivity index (χ4v) is 2.12. The number of ketones is 1. The van der Waals surface area contributed by atoms with Crippen LogP contribution in [-0.4, -0.2) is 27.5 Å². The molecule has 2 N–H and O–H groups in total. The molecule has 1 heterocycles. The Morgan fingerprint density at radius 2 is 1.71 bits per heavy atom. The lowest BCUT2D eigenvalue weighted by Crippen LogP contribution is -2.42. The van der Waals surface area contributed by atoms with E-state index in [0.717, 1.165) is 9.13 Å². The van der Waals surface area contributed by atoms with E-state index >= 15 is 0 Å². The summed E-state index contributed by atoms with van der Waals surface area (Å²) in [6.07, 6.45) is 0. The van der Waals surface area contributed by atoms with Crippen molar-refractivity contribution in [1.82, 2.24) is 9.13 Å². The fraction of sp³-hybridized carbons (Fsp3) is 0.200. The molecule has 0 spiro atoms. The number of esters is 1. The molecule has 0 unspecified atom stereocenters. The molecule has 0 fully saturated rings. The predicted octanol–water partition coefficient (Wildman–Crippen LogP) is 0.359. The van der Waals surface area contributed by atoms with Crippen molar-refractivity contribution in [2.45, 2.75) is 0 Å². The van der Waals surface area contributed by atoms with Crippen LogP contribution in [0.5, 0.6) is 0 Å². The predicted molar refractivity (Wildman–Crippen MR) is 87.4 cm³/mol. The molecule has 0 saturated carbocycles. The monoisotopic (exact) mass is 351 g/mol. The molecule has 0 atom stereocenters. The maximum atomic E-state index is 12.2. The first-order chi connectivity index (χ1) is 11.2. The third-order valence-corrected chi connectivity index (χ3v) is 3.65. The minimum atomic E-state index is -0.844. The molecule has 0 aliphatic rings. The maximum Gasteiger partial charge on any atom is 0.338 e. The Bertz CT molecular complexity index is 928. The van der Waals surface area contributed by atoms with E-state index in [1.54, 1.807) is 0 Å². The average Bonchev–Trinajstić information content (AvgIpc) is 2.57. The van der Waals surface area contributed by atoms with Gasteiger partial charge in [0.15, 0.2) is 6.61 Å². The van der Waals surface area contributed by atoms with Gasteiger partial charge in [0.25, 0.3) is 5.56 Å². The minimum absolute atomic E-state index is 0.202. The molecule has 0 amide bonds. The third-order valence-electron chi connectivity index (χ3n) is 3.40. The molecule has 1 aromatic heterocycles. The third kappa shape index (κ3) is 3.23. The Kier molecular flexibility index (Phi) is 4.89. The standard InChI is InChI=1S/C15H14ClN3O5/c1-18-12(17)11(13(21)19(2)15(18)23)10(20)7-24-14(22)8-3-5-9(16)6-4-8/h3-6H,7,17H2,1-2H3. The summed E-state index contributed by atoms with van der Waals surface area (Å²) in [5, 5.41) is 0.448. The number of nitrogen functional groups attached to an aromatic ring is 1. The maximum absolute atomic E-state index is 12.2. The zero-order valence-electron chi connectivity index (χ0n) is 12.9. The molecule has 0 saturated heterocycles. The Morgan fingerprint density at radius 3 is 2.29 bits per heavy atom. The van der Waals surface area contributed by atoms with Crippen LogP contribution < -0.4 is 17.0 Å². The van der Waals surface area contributed by atoms with Crippen LogP contribution in [0.2, 0.25) is 5.02 Å². The van der Waals surface area contributed by atoms with Gasteiger partial charge in [0.2, 0.25) is 5.78 Å². The molecule has 0 aliphatic heterocycles. The molecule has 2 rings (SSSR count). The van der Waals surface area contributed by atoms with Crippen LogP contribution in [-0.2, 0) is 18.8 Å². The molecule has 0 bridgehead atoms. The topological polar surface area (TPSA) is 113 Å². The number of carbonyl (C=O) groups is 2. The van der Waals surface area contributed by atoms with Gasteiger partial charge in [0, 0.05) is 19.1 Å². The van der Waals surface area contributed by atoms with Crippen molar-refractivity contribution in [2.75, 3.05) is 12.3 Å². The Labute approximate surface area is 141 Å². The summed E-state index contributed by atoms with van der Waals surface area (Å²) >= 11 is 5.72. The number of halogens is 1. The van der Waals surface area contributed by atoms with Crippen molar-refractivity contribution in [3.63, 3.8) is 0 Å². The van der Waals surface area contributed by atoms with E-state index in [1.807, 2.05) is 0 Å². The zero-order valence-corrected chi connectivity index (χ0v) is 13.7. The number of hydrogen-bond acceptors (Lipinski definition) is 6. The summed E-state index contributed by atoms with van der Waals surface area (Å²) in [6.45, 7) is -0.681. The lowest BCUT2D eigenvalue weighted by Gasteiger charge is -2.11. The second-order valence-corrected chi connectivity index (χ2v) is 5.41. The van der Waals surface area contributed by atoms with E-state index in [-0.39, 0.29) is 11.4 Å². The summed E-state index contributed by atoms with van der Waals surface area (Å²) in [4.78, 5) is 47.8.